The molecule has 4 rings (SSSR count). The van der Waals surface area contributed by atoms with E-state index in [0.717, 1.165) is 0 Å². The molecule has 0 aromatic heterocycles. The van der Waals surface area contributed by atoms with E-state index in [-0.39, 0.29) is 0 Å². The minimum absolute atomic E-state index is 0.722. The van der Waals surface area contributed by atoms with Gasteiger partial charge in [-0.3, -0.25) is 0 Å². The van der Waals surface area contributed by atoms with Crippen molar-refractivity contribution in [2.24, 2.45) is 0 Å². The Balaban J connectivity index is 1.52. The van der Waals surface area contributed by atoms with Gasteiger partial charge in [-0.15, -0.1) is 0 Å². The van der Waals surface area contributed by atoms with Gasteiger partial charge in [-0.05, 0) is 0 Å². The largest absolute Gasteiger partial charge is 0.394 e. The minimum atomic E-state index is -2.50. The van der Waals surface area contributed by atoms with Crippen LogP contribution >= 0.6 is 0 Å². The quantitative estimate of drug-likeness (QED) is 0.0973. The molecule has 0 unspecified atom stereocenters. The molecule has 19 atom stereocenters. The van der Waals surface area contributed by atoms with E-state index < -0.39 is 149 Å². The molecule has 21 heteroatoms. The molecule has 0 amide bonds. The van der Waals surface area contributed by atoms with E-state index in [1.807, 2.05) is 0 Å². The van der Waals surface area contributed by atoms with Crippen LogP contribution in [0.5, 0.6) is 0 Å². The number of ether oxygens (including phenoxy) is 7. The maximum Gasteiger partial charge on any atom is 0.224 e. The number of aliphatic hydroxyl groups is 14. The van der Waals surface area contributed by atoms with Crippen molar-refractivity contribution < 1.29 is 105 Å². The number of hydrogen-bond acceptors (Lipinski definition) is 21. The second kappa shape index (κ2) is 15.1. The molecule has 0 saturated carbocycles. The van der Waals surface area contributed by atoms with Crippen LogP contribution in [0.25, 0.3) is 0 Å². The summed E-state index contributed by atoms with van der Waals surface area (Å²) in [7, 11) is 0. The Hall–Kier alpha value is -0.840. The van der Waals surface area contributed by atoms with Gasteiger partial charge in [0.2, 0.25) is 5.79 Å². The Bertz CT molecular complexity index is 931. The molecule has 0 spiro atoms. The highest BCUT2D eigenvalue weighted by atomic mass is 16.8. The van der Waals surface area contributed by atoms with Crippen LogP contribution in [0.2, 0.25) is 0 Å². The first-order valence-electron chi connectivity index (χ1n) is 14.1. The zero-order valence-electron chi connectivity index (χ0n) is 23.5. The first-order chi connectivity index (χ1) is 21.2. The van der Waals surface area contributed by atoms with Gasteiger partial charge in [0.15, 0.2) is 18.9 Å². The normalized spacial score (nSPS) is 52.7. The topological polar surface area (TPSA) is 348 Å². The fourth-order valence-electron chi connectivity index (χ4n) is 5.48. The molecule has 45 heavy (non-hydrogen) atoms. The van der Waals surface area contributed by atoms with E-state index in [4.69, 9.17) is 33.2 Å². The van der Waals surface area contributed by atoms with Crippen molar-refractivity contribution in [1.29, 1.82) is 0 Å². The molecule has 4 saturated heterocycles. The number of rotatable bonds is 11. The third kappa shape index (κ3) is 7.15. The lowest BCUT2D eigenvalue weighted by Crippen LogP contribution is -2.66. The fraction of sp³-hybridized carbons (Fsp3) is 1.00. The van der Waals surface area contributed by atoms with E-state index in [0.29, 0.717) is 0 Å². The zero-order chi connectivity index (χ0) is 33.4. The first-order valence-corrected chi connectivity index (χ1v) is 14.1. The van der Waals surface area contributed by atoms with E-state index >= 15 is 0 Å². The summed E-state index contributed by atoms with van der Waals surface area (Å²) in [6.07, 6.45) is -32.3. The molecule has 0 aromatic carbocycles. The highest BCUT2D eigenvalue weighted by Crippen LogP contribution is 2.37. The summed E-state index contributed by atoms with van der Waals surface area (Å²) in [6.45, 7) is -4.33. The zero-order valence-corrected chi connectivity index (χ0v) is 23.5. The van der Waals surface area contributed by atoms with Gasteiger partial charge < -0.3 is 105 Å². The summed E-state index contributed by atoms with van der Waals surface area (Å²) < 4.78 is 38.1. The molecule has 0 radical (unpaired) electrons. The highest BCUT2D eigenvalue weighted by molar-refractivity contribution is 4.99. The molecule has 14 N–H and O–H groups in total. The molecule has 0 aromatic rings. The summed E-state index contributed by atoms with van der Waals surface area (Å²) in [4.78, 5) is 0. The van der Waals surface area contributed by atoms with Gasteiger partial charge in [-0.25, -0.2) is 0 Å². The van der Waals surface area contributed by atoms with Crippen molar-refractivity contribution in [1.82, 2.24) is 0 Å². The van der Waals surface area contributed by atoms with Gasteiger partial charge in [0.05, 0.1) is 26.4 Å². The van der Waals surface area contributed by atoms with Crippen molar-refractivity contribution in [3.8, 4) is 0 Å². The average Bonchev–Trinajstić information content (AvgIpc) is 3.28. The Labute approximate surface area is 254 Å². The molecular formula is C24H42O21. The van der Waals surface area contributed by atoms with Gasteiger partial charge in [0.25, 0.3) is 0 Å². The smallest absolute Gasteiger partial charge is 0.224 e. The summed E-state index contributed by atoms with van der Waals surface area (Å²) in [5.74, 6) is -2.50. The predicted molar refractivity (Wildman–Crippen MR) is 134 cm³/mol. The van der Waals surface area contributed by atoms with E-state index in [2.05, 4.69) is 0 Å². The molecule has 0 bridgehead atoms. The molecule has 4 aliphatic rings. The van der Waals surface area contributed by atoms with Crippen molar-refractivity contribution >= 4 is 0 Å². The van der Waals surface area contributed by atoms with Gasteiger partial charge >= 0.3 is 0 Å². The second-order valence-electron chi connectivity index (χ2n) is 11.2. The lowest BCUT2D eigenvalue weighted by Gasteiger charge is -2.47. The summed E-state index contributed by atoms with van der Waals surface area (Å²) >= 11 is 0. The molecule has 4 fully saturated rings. The second-order valence-corrected chi connectivity index (χ2v) is 11.2. The molecule has 264 valence electrons. The monoisotopic (exact) mass is 666 g/mol. The number of hydrogen-bond donors (Lipinski definition) is 14. The Morgan fingerprint density at radius 1 is 0.489 bits per heavy atom. The summed E-state index contributed by atoms with van der Waals surface area (Å²) in [5.41, 5.74) is 0. The highest BCUT2D eigenvalue weighted by Gasteiger charge is 2.59. The van der Waals surface area contributed by atoms with Crippen LogP contribution in [0.1, 0.15) is 0 Å². The average molecular weight is 667 g/mol. The molecule has 4 aliphatic heterocycles. The summed E-state index contributed by atoms with van der Waals surface area (Å²) in [6, 6.07) is 0. The van der Waals surface area contributed by atoms with Crippen LogP contribution in [0, 0.1) is 0 Å². The Morgan fingerprint density at radius 3 is 1.51 bits per heavy atom. The van der Waals surface area contributed by atoms with E-state index in [1.165, 1.54) is 0 Å². The number of aliphatic hydroxyl groups excluding tert-OH is 14. The van der Waals surface area contributed by atoms with Gasteiger partial charge in [-0.1, -0.05) is 0 Å². The van der Waals surface area contributed by atoms with Crippen molar-refractivity contribution in [3.63, 3.8) is 0 Å². The van der Waals surface area contributed by atoms with Crippen LogP contribution in [-0.2, 0) is 33.2 Å². The Morgan fingerprint density at radius 2 is 0.978 bits per heavy atom. The molecular weight excluding hydrogens is 624 g/mol. The first kappa shape index (κ1) is 37.0. The van der Waals surface area contributed by atoms with Crippen LogP contribution in [0.15, 0.2) is 0 Å². The van der Waals surface area contributed by atoms with E-state index in [1.54, 1.807) is 0 Å². The van der Waals surface area contributed by atoms with Crippen molar-refractivity contribution in [2.45, 2.75) is 116 Å². The van der Waals surface area contributed by atoms with Gasteiger partial charge in [0, 0.05) is 0 Å². The molecule has 0 aliphatic carbocycles. The van der Waals surface area contributed by atoms with Gasteiger partial charge in [0.1, 0.15) is 98.2 Å². The maximum atomic E-state index is 10.9. The SMILES string of the molecule is OC[C@@H]1O[C@@H](O[C@@]2(CO)O[C@@H](CO)[C@H](O)[C@H]2O)[C@@H](O[C@@H]2O[C@@H](CO[C@@H]3O[C@@H](CO)[C@@H](O)[C@@H](O)[C@@H]3O)[C@@H](O)[C@@H](O)[C@@H]2O)[C@H](O)[C@H]1O. The van der Waals surface area contributed by atoms with Crippen LogP contribution in [0.3, 0.4) is 0 Å². The van der Waals surface area contributed by atoms with Crippen molar-refractivity contribution in [3.05, 3.63) is 0 Å². The Kier molecular flexibility index (Phi) is 12.5. The maximum absolute atomic E-state index is 10.9. The van der Waals surface area contributed by atoms with E-state index in [9.17, 15) is 71.5 Å². The molecule has 21 nitrogen and oxygen atoms in total. The van der Waals surface area contributed by atoms with Crippen LogP contribution in [0.4, 0.5) is 0 Å². The third-order valence-electron chi connectivity index (χ3n) is 8.28. The standard InChI is InChI=1S/C24H42O21/c25-1-6-10(29)14(33)17(36)21(40-6)39-4-9-12(31)15(34)18(37)22(42-9)43-19-16(35)11(30)7(2-26)41-23(19)45-24(5-28)20(38)13(32)8(3-27)44-24/h6-23,25-38H,1-5H2/t6-,7-,8-,9-,10+,11-,12+,13-,14+,15+,16+,17-,18-,19-,20+,21+,22-,23-,24+/m0/s1. The third-order valence-corrected chi connectivity index (χ3v) is 8.28. The van der Waals surface area contributed by atoms with Crippen LogP contribution < -0.4 is 0 Å². The molecule has 4 heterocycles. The summed E-state index contributed by atoms with van der Waals surface area (Å²) in [5, 5.41) is 142. The van der Waals surface area contributed by atoms with Crippen molar-refractivity contribution in [2.75, 3.05) is 33.0 Å². The lowest BCUT2D eigenvalue weighted by atomic mass is 9.97. The fourth-order valence-corrected chi connectivity index (χ4v) is 5.48. The minimum Gasteiger partial charge on any atom is -0.394 e. The van der Waals surface area contributed by atoms with Gasteiger partial charge in [-0.2, -0.15) is 0 Å². The lowest BCUT2D eigenvalue weighted by molar-refractivity contribution is -0.409. The van der Waals surface area contributed by atoms with Crippen LogP contribution in [-0.4, -0.2) is 221 Å². The predicted octanol–water partition coefficient (Wildman–Crippen LogP) is -9.75.